The number of carbonyl (C=O) groups excluding carboxylic acids is 1. The summed E-state index contributed by atoms with van der Waals surface area (Å²) in [6.45, 7) is 3.78. The normalized spacial score (nSPS) is 11.6. The van der Waals surface area contributed by atoms with Gasteiger partial charge in [0, 0.05) is 18.2 Å². The van der Waals surface area contributed by atoms with Gasteiger partial charge in [-0.05, 0) is 26.0 Å². The molecule has 16 heavy (non-hydrogen) atoms. The summed E-state index contributed by atoms with van der Waals surface area (Å²) in [6, 6.07) is 5.33. The van der Waals surface area contributed by atoms with E-state index in [2.05, 4.69) is 11.2 Å². The fourth-order valence-electron chi connectivity index (χ4n) is 1.40. The Morgan fingerprint density at radius 2 is 2.31 bits per heavy atom. The number of nitrogens with two attached hydrogens (primary N) is 1. The number of aryl methyl sites for hydroxylation is 1. The van der Waals surface area contributed by atoms with Gasteiger partial charge in [-0.3, -0.25) is 4.79 Å². The van der Waals surface area contributed by atoms with Crippen LogP contribution in [0.25, 0.3) is 0 Å². The second-order valence-electron chi connectivity index (χ2n) is 3.87. The van der Waals surface area contributed by atoms with E-state index in [-0.39, 0.29) is 11.9 Å². The van der Waals surface area contributed by atoms with Crippen molar-refractivity contribution in [1.82, 2.24) is 5.32 Å². The molecule has 0 fully saturated rings. The second-order valence-corrected chi connectivity index (χ2v) is 3.87. The molecular formula is C13H16N2O. The molecule has 0 bridgehead atoms. The Morgan fingerprint density at radius 3 is 2.94 bits per heavy atom. The second kappa shape index (κ2) is 5.22. The third-order valence-electron chi connectivity index (χ3n) is 2.25. The monoisotopic (exact) mass is 216 g/mol. The molecule has 0 radical (unpaired) electrons. The SMILES string of the molecule is C#CCC(C)NC(=O)c1cc(C)ccc1N. The van der Waals surface area contributed by atoms with Crippen LogP contribution in [0.1, 0.15) is 29.3 Å². The Hall–Kier alpha value is -1.95. The number of rotatable bonds is 3. The molecule has 3 nitrogen and oxygen atoms in total. The maximum absolute atomic E-state index is 11.8. The van der Waals surface area contributed by atoms with Gasteiger partial charge in [0.1, 0.15) is 0 Å². The number of hydrogen-bond donors (Lipinski definition) is 2. The molecule has 1 amide bonds. The highest BCUT2D eigenvalue weighted by molar-refractivity contribution is 5.99. The average molecular weight is 216 g/mol. The van der Waals surface area contributed by atoms with Crippen LogP contribution in [-0.4, -0.2) is 11.9 Å². The predicted octanol–water partition coefficient (Wildman–Crippen LogP) is 1.72. The van der Waals surface area contributed by atoms with Crippen molar-refractivity contribution in [3.8, 4) is 12.3 Å². The minimum atomic E-state index is -0.177. The Bertz CT molecular complexity index is 432. The average Bonchev–Trinajstić information content (AvgIpc) is 2.21. The molecule has 1 rings (SSSR count). The highest BCUT2D eigenvalue weighted by Gasteiger charge is 2.11. The fourth-order valence-corrected chi connectivity index (χ4v) is 1.40. The Labute approximate surface area is 96.0 Å². The molecule has 0 saturated carbocycles. The van der Waals surface area contributed by atoms with Crippen molar-refractivity contribution in [2.45, 2.75) is 26.3 Å². The summed E-state index contributed by atoms with van der Waals surface area (Å²) in [4.78, 5) is 11.8. The van der Waals surface area contributed by atoms with Crippen LogP contribution in [-0.2, 0) is 0 Å². The lowest BCUT2D eigenvalue weighted by atomic mass is 10.1. The van der Waals surface area contributed by atoms with E-state index in [1.54, 1.807) is 12.1 Å². The first-order chi connectivity index (χ1) is 7.54. The minimum absolute atomic E-state index is 0.0441. The number of nitrogen functional groups attached to an aromatic ring is 1. The van der Waals surface area contributed by atoms with Gasteiger partial charge in [0.2, 0.25) is 0 Å². The van der Waals surface area contributed by atoms with E-state index in [0.717, 1.165) is 5.56 Å². The van der Waals surface area contributed by atoms with Gasteiger partial charge in [-0.15, -0.1) is 12.3 Å². The van der Waals surface area contributed by atoms with Gasteiger partial charge >= 0.3 is 0 Å². The summed E-state index contributed by atoms with van der Waals surface area (Å²) in [5, 5.41) is 2.80. The number of benzene rings is 1. The maximum Gasteiger partial charge on any atom is 0.253 e. The number of nitrogens with one attached hydrogen (secondary N) is 1. The van der Waals surface area contributed by atoms with Crippen molar-refractivity contribution >= 4 is 11.6 Å². The number of amides is 1. The number of hydrogen-bond acceptors (Lipinski definition) is 2. The van der Waals surface area contributed by atoms with Crippen molar-refractivity contribution in [2.75, 3.05) is 5.73 Å². The molecule has 3 N–H and O–H groups in total. The largest absolute Gasteiger partial charge is 0.398 e. The van der Waals surface area contributed by atoms with E-state index in [9.17, 15) is 4.79 Å². The summed E-state index contributed by atoms with van der Waals surface area (Å²) in [6.07, 6.45) is 5.68. The predicted molar refractivity (Wildman–Crippen MR) is 66.0 cm³/mol. The number of carbonyl (C=O) groups is 1. The van der Waals surface area contributed by atoms with E-state index < -0.39 is 0 Å². The van der Waals surface area contributed by atoms with Gasteiger partial charge < -0.3 is 11.1 Å². The summed E-state index contributed by atoms with van der Waals surface area (Å²) in [5.41, 5.74) is 7.73. The minimum Gasteiger partial charge on any atom is -0.398 e. The topological polar surface area (TPSA) is 55.1 Å². The third-order valence-corrected chi connectivity index (χ3v) is 2.25. The first kappa shape index (κ1) is 12.1. The van der Waals surface area contributed by atoms with E-state index in [1.165, 1.54) is 0 Å². The van der Waals surface area contributed by atoms with Gasteiger partial charge in [0.05, 0.1) is 5.56 Å². The molecule has 0 saturated heterocycles. The summed E-state index contributed by atoms with van der Waals surface area (Å²) in [7, 11) is 0. The van der Waals surface area contributed by atoms with Crippen LogP contribution in [0.2, 0.25) is 0 Å². The van der Waals surface area contributed by atoms with Crippen molar-refractivity contribution < 1.29 is 4.79 Å². The van der Waals surface area contributed by atoms with Crippen LogP contribution in [0, 0.1) is 19.3 Å². The molecule has 0 heterocycles. The van der Waals surface area contributed by atoms with Gasteiger partial charge in [-0.2, -0.15) is 0 Å². The van der Waals surface area contributed by atoms with Crippen LogP contribution in [0.15, 0.2) is 18.2 Å². The maximum atomic E-state index is 11.8. The molecule has 0 aliphatic rings. The zero-order chi connectivity index (χ0) is 12.1. The highest BCUT2D eigenvalue weighted by atomic mass is 16.1. The van der Waals surface area contributed by atoms with E-state index >= 15 is 0 Å². The summed E-state index contributed by atoms with van der Waals surface area (Å²) < 4.78 is 0. The zero-order valence-electron chi connectivity index (χ0n) is 9.58. The molecule has 1 unspecified atom stereocenters. The van der Waals surface area contributed by atoms with Crippen molar-refractivity contribution in [3.63, 3.8) is 0 Å². The summed E-state index contributed by atoms with van der Waals surface area (Å²) in [5.74, 6) is 2.33. The molecular weight excluding hydrogens is 200 g/mol. The van der Waals surface area contributed by atoms with Crippen molar-refractivity contribution in [1.29, 1.82) is 0 Å². The molecule has 1 aromatic carbocycles. The van der Waals surface area contributed by atoms with Crippen LogP contribution in [0.3, 0.4) is 0 Å². The molecule has 0 aliphatic carbocycles. The highest BCUT2D eigenvalue weighted by Crippen LogP contribution is 2.13. The van der Waals surface area contributed by atoms with Gasteiger partial charge in [-0.1, -0.05) is 11.6 Å². The van der Waals surface area contributed by atoms with Crippen LogP contribution in [0.5, 0.6) is 0 Å². The van der Waals surface area contributed by atoms with E-state index in [1.807, 2.05) is 19.9 Å². The lowest BCUT2D eigenvalue weighted by Crippen LogP contribution is -2.32. The van der Waals surface area contributed by atoms with Crippen molar-refractivity contribution in [3.05, 3.63) is 29.3 Å². The smallest absolute Gasteiger partial charge is 0.253 e. The molecule has 0 aliphatic heterocycles. The zero-order valence-corrected chi connectivity index (χ0v) is 9.58. The van der Waals surface area contributed by atoms with E-state index in [4.69, 9.17) is 12.2 Å². The number of anilines is 1. The molecule has 0 spiro atoms. The Kier molecular flexibility index (Phi) is 3.96. The van der Waals surface area contributed by atoms with Gasteiger partial charge in [-0.25, -0.2) is 0 Å². The molecule has 1 atom stereocenters. The van der Waals surface area contributed by atoms with Crippen LogP contribution >= 0.6 is 0 Å². The standard InChI is InChI=1S/C13H16N2O/c1-4-5-10(3)15-13(16)11-8-9(2)6-7-12(11)14/h1,6-8,10H,5,14H2,2-3H3,(H,15,16). The third kappa shape index (κ3) is 3.03. The quantitative estimate of drug-likeness (QED) is 0.597. The lowest BCUT2D eigenvalue weighted by molar-refractivity contribution is 0.0941. The molecule has 0 aromatic heterocycles. The van der Waals surface area contributed by atoms with Crippen LogP contribution in [0.4, 0.5) is 5.69 Å². The molecule has 84 valence electrons. The molecule has 3 heteroatoms. The fraction of sp³-hybridized carbons (Fsp3) is 0.308. The first-order valence-corrected chi connectivity index (χ1v) is 5.15. The first-order valence-electron chi connectivity index (χ1n) is 5.15. The Morgan fingerprint density at radius 1 is 1.62 bits per heavy atom. The van der Waals surface area contributed by atoms with E-state index in [0.29, 0.717) is 17.7 Å². The summed E-state index contributed by atoms with van der Waals surface area (Å²) >= 11 is 0. The Balaban J connectivity index is 2.81. The number of terminal acetylenes is 1. The molecule has 1 aromatic rings. The lowest BCUT2D eigenvalue weighted by Gasteiger charge is -2.12. The van der Waals surface area contributed by atoms with Gasteiger partial charge in [0.15, 0.2) is 0 Å². The van der Waals surface area contributed by atoms with Crippen LogP contribution < -0.4 is 11.1 Å². The van der Waals surface area contributed by atoms with Gasteiger partial charge in [0.25, 0.3) is 5.91 Å². The van der Waals surface area contributed by atoms with Crippen molar-refractivity contribution in [2.24, 2.45) is 0 Å².